The number of nitrogens with one attached hydrogen (secondary N) is 1. The zero-order valence-corrected chi connectivity index (χ0v) is 10.3. The Labute approximate surface area is 105 Å². The standard InChI is InChI=1S/C12H17N3O3/c1-2-3-6-9(13)12(16)14-10-7-4-5-8-11(10)15(17)18/h4-5,7-9H,2-3,6,13H2,1H3,(H,14,16). The normalized spacial score (nSPS) is 11.9. The van der Waals surface area contributed by atoms with Crippen molar-refractivity contribution >= 4 is 17.3 Å². The fourth-order valence-corrected chi connectivity index (χ4v) is 1.52. The number of benzene rings is 1. The number of carbonyl (C=O) groups excluding carboxylic acids is 1. The van der Waals surface area contributed by atoms with E-state index in [-0.39, 0.29) is 11.4 Å². The molecule has 98 valence electrons. The highest BCUT2D eigenvalue weighted by molar-refractivity contribution is 5.96. The van der Waals surface area contributed by atoms with Crippen LogP contribution in [0.4, 0.5) is 11.4 Å². The van der Waals surface area contributed by atoms with Crippen molar-refractivity contribution in [2.45, 2.75) is 32.2 Å². The van der Waals surface area contributed by atoms with Gasteiger partial charge in [0.2, 0.25) is 5.91 Å². The molecule has 0 spiro atoms. The molecular weight excluding hydrogens is 234 g/mol. The van der Waals surface area contributed by atoms with Crippen LogP contribution >= 0.6 is 0 Å². The highest BCUT2D eigenvalue weighted by Crippen LogP contribution is 2.23. The van der Waals surface area contributed by atoms with Gasteiger partial charge in [-0.2, -0.15) is 0 Å². The van der Waals surface area contributed by atoms with E-state index in [1.807, 2.05) is 6.92 Å². The number of nitrogens with zero attached hydrogens (tertiary/aromatic N) is 1. The molecule has 1 unspecified atom stereocenters. The van der Waals surface area contributed by atoms with Crippen molar-refractivity contribution in [3.8, 4) is 0 Å². The predicted octanol–water partition coefficient (Wildman–Crippen LogP) is 2.05. The third-order valence-electron chi connectivity index (χ3n) is 2.56. The van der Waals surface area contributed by atoms with Gasteiger partial charge in [0.15, 0.2) is 0 Å². The lowest BCUT2D eigenvalue weighted by atomic mass is 10.1. The number of amides is 1. The van der Waals surface area contributed by atoms with Gasteiger partial charge in [-0.25, -0.2) is 0 Å². The van der Waals surface area contributed by atoms with Crippen LogP contribution in [0.15, 0.2) is 24.3 Å². The molecule has 0 heterocycles. The van der Waals surface area contributed by atoms with E-state index in [1.165, 1.54) is 12.1 Å². The highest BCUT2D eigenvalue weighted by Gasteiger charge is 2.18. The molecule has 6 nitrogen and oxygen atoms in total. The number of unbranched alkanes of at least 4 members (excludes halogenated alkanes) is 1. The SMILES string of the molecule is CCCCC(N)C(=O)Nc1ccccc1[N+](=O)[O-]. The van der Waals surface area contributed by atoms with Crippen LogP contribution in [0.25, 0.3) is 0 Å². The van der Waals surface area contributed by atoms with Crippen molar-refractivity contribution in [2.75, 3.05) is 5.32 Å². The molecule has 1 atom stereocenters. The Morgan fingerprint density at radius 3 is 2.78 bits per heavy atom. The van der Waals surface area contributed by atoms with Crippen molar-refractivity contribution in [2.24, 2.45) is 5.73 Å². The molecule has 3 N–H and O–H groups in total. The van der Waals surface area contributed by atoms with Gasteiger partial charge in [0, 0.05) is 6.07 Å². The second kappa shape index (κ2) is 6.70. The smallest absolute Gasteiger partial charge is 0.292 e. The van der Waals surface area contributed by atoms with Gasteiger partial charge in [-0.05, 0) is 12.5 Å². The molecule has 6 heteroatoms. The van der Waals surface area contributed by atoms with Crippen LogP contribution in [-0.4, -0.2) is 16.9 Å². The molecule has 0 aromatic heterocycles. The number of para-hydroxylation sites is 2. The molecule has 0 aliphatic carbocycles. The summed E-state index contributed by atoms with van der Waals surface area (Å²) in [4.78, 5) is 22.0. The Morgan fingerprint density at radius 1 is 1.50 bits per heavy atom. The molecule has 0 aliphatic rings. The number of nitro benzene ring substituents is 1. The third kappa shape index (κ3) is 3.81. The van der Waals surface area contributed by atoms with E-state index in [9.17, 15) is 14.9 Å². The average molecular weight is 251 g/mol. The minimum atomic E-state index is -0.634. The molecule has 0 fully saturated rings. The maximum Gasteiger partial charge on any atom is 0.292 e. The molecule has 0 saturated carbocycles. The number of hydrogen-bond donors (Lipinski definition) is 2. The third-order valence-corrected chi connectivity index (χ3v) is 2.56. The van der Waals surface area contributed by atoms with Gasteiger partial charge < -0.3 is 11.1 Å². The summed E-state index contributed by atoms with van der Waals surface area (Å²) < 4.78 is 0. The van der Waals surface area contributed by atoms with Crippen molar-refractivity contribution in [1.29, 1.82) is 0 Å². The van der Waals surface area contributed by atoms with Gasteiger partial charge in [0.05, 0.1) is 11.0 Å². The number of nitrogens with two attached hydrogens (primary N) is 1. The lowest BCUT2D eigenvalue weighted by Crippen LogP contribution is -2.35. The van der Waals surface area contributed by atoms with Crippen LogP contribution in [0.5, 0.6) is 0 Å². The van der Waals surface area contributed by atoms with E-state index in [1.54, 1.807) is 12.1 Å². The maximum atomic E-state index is 11.7. The molecule has 1 rings (SSSR count). The molecule has 1 aromatic carbocycles. The summed E-state index contributed by atoms with van der Waals surface area (Å²) in [5.74, 6) is -0.391. The van der Waals surface area contributed by atoms with Crippen LogP contribution in [-0.2, 0) is 4.79 Å². The molecule has 1 amide bonds. The van der Waals surface area contributed by atoms with Gasteiger partial charge >= 0.3 is 0 Å². The first-order valence-electron chi connectivity index (χ1n) is 5.86. The Balaban J connectivity index is 2.72. The van der Waals surface area contributed by atoms with Crippen LogP contribution in [0, 0.1) is 10.1 Å². The van der Waals surface area contributed by atoms with E-state index in [0.29, 0.717) is 6.42 Å². The first kappa shape index (κ1) is 14.1. The summed E-state index contributed by atoms with van der Waals surface area (Å²) in [6.07, 6.45) is 2.38. The zero-order chi connectivity index (χ0) is 13.5. The lowest BCUT2D eigenvalue weighted by Gasteiger charge is -2.11. The number of carbonyl (C=O) groups is 1. The van der Waals surface area contributed by atoms with Crippen molar-refractivity contribution in [1.82, 2.24) is 0 Å². The van der Waals surface area contributed by atoms with Crippen molar-refractivity contribution in [3.05, 3.63) is 34.4 Å². The second-order valence-corrected chi connectivity index (χ2v) is 4.01. The molecule has 1 aromatic rings. The summed E-state index contributed by atoms with van der Waals surface area (Å²) in [6, 6.07) is 5.37. The van der Waals surface area contributed by atoms with E-state index in [2.05, 4.69) is 5.32 Å². The van der Waals surface area contributed by atoms with E-state index < -0.39 is 16.9 Å². The second-order valence-electron chi connectivity index (χ2n) is 4.01. The Morgan fingerprint density at radius 2 is 2.17 bits per heavy atom. The average Bonchev–Trinajstić information content (AvgIpc) is 2.36. The Bertz CT molecular complexity index is 434. The molecule has 18 heavy (non-hydrogen) atoms. The van der Waals surface area contributed by atoms with Crippen molar-refractivity contribution < 1.29 is 9.72 Å². The van der Waals surface area contributed by atoms with E-state index in [0.717, 1.165) is 12.8 Å². The number of hydrogen-bond acceptors (Lipinski definition) is 4. The van der Waals surface area contributed by atoms with Gasteiger partial charge in [-0.3, -0.25) is 14.9 Å². The molecule has 0 aliphatic heterocycles. The summed E-state index contributed by atoms with van der Waals surface area (Å²) >= 11 is 0. The summed E-state index contributed by atoms with van der Waals surface area (Å²) in [5.41, 5.74) is 5.74. The Kier molecular flexibility index (Phi) is 5.26. The van der Waals surface area contributed by atoms with Crippen LogP contribution < -0.4 is 11.1 Å². The van der Waals surface area contributed by atoms with Crippen molar-refractivity contribution in [3.63, 3.8) is 0 Å². The summed E-state index contributed by atoms with van der Waals surface area (Å²) in [7, 11) is 0. The highest BCUT2D eigenvalue weighted by atomic mass is 16.6. The minimum absolute atomic E-state index is 0.131. The number of anilines is 1. The van der Waals surface area contributed by atoms with Gasteiger partial charge in [-0.1, -0.05) is 31.9 Å². The topological polar surface area (TPSA) is 98.3 Å². The maximum absolute atomic E-state index is 11.7. The Hall–Kier alpha value is -1.95. The zero-order valence-electron chi connectivity index (χ0n) is 10.3. The minimum Gasteiger partial charge on any atom is -0.320 e. The molecule has 0 saturated heterocycles. The van der Waals surface area contributed by atoms with Crippen LogP contribution in [0.2, 0.25) is 0 Å². The molecule has 0 radical (unpaired) electrons. The number of nitro groups is 1. The monoisotopic (exact) mass is 251 g/mol. The predicted molar refractivity (Wildman–Crippen MR) is 69.2 cm³/mol. The van der Waals surface area contributed by atoms with Crippen LogP contribution in [0.1, 0.15) is 26.2 Å². The van der Waals surface area contributed by atoms with Gasteiger partial charge in [0.1, 0.15) is 5.69 Å². The van der Waals surface area contributed by atoms with Crippen LogP contribution in [0.3, 0.4) is 0 Å². The lowest BCUT2D eigenvalue weighted by molar-refractivity contribution is -0.383. The quantitative estimate of drug-likeness (QED) is 0.597. The fourth-order valence-electron chi connectivity index (χ4n) is 1.52. The van der Waals surface area contributed by atoms with Gasteiger partial charge in [0.25, 0.3) is 5.69 Å². The number of rotatable bonds is 6. The van der Waals surface area contributed by atoms with E-state index in [4.69, 9.17) is 5.73 Å². The summed E-state index contributed by atoms with van der Waals surface area (Å²) in [6.45, 7) is 2.01. The first-order chi connectivity index (χ1) is 8.56. The van der Waals surface area contributed by atoms with E-state index >= 15 is 0 Å². The molecule has 0 bridgehead atoms. The fraction of sp³-hybridized carbons (Fsp3) is 0.417. The first-order valence-corrected chi connectivity index (χ1v) is 5.86. The summed E-state index contributed by atoms with van der Waals surface area (Å²) in [5, 5.41) is 13.3. The molecular formula is C12H17N3O3. The van der Waals surface area contributed by atoms with Gasteiger partial charge in [-0.15, -0.1) is 0 Å². The largest absolute Gasteiger partial charge is 0.320 e.